The van der Waals surface area contributed by atoms with Gasteiger partial charge in [0, 0.05) is 11.1 Å². The largest absolute Gasteiger partial charge is 0.573 e. The summed E-state index contributed by atoms with van der Waals surface area (Å²) in [5, 5.41) is 4.57. The maximum Gasteiger partial charge on any atom is 0.573 e. The lowest BCUT2D eigenvalue weighted by Gasteiger charge is -2.14. The normalized spacial score (nSPS) is 10.9. The summed E-state index contributed by atoms with van der Waals surface area (Å²) in [6.45, 7) is 0. The number of alkyl halides is 3. The van der Waals surface area contributed by atoms with Crippen LogP contribution >= 0.6 is 0 Å². The van der Waals surface area contributed by atoms with Gasteiger partial charge >= 0.3 is 6.36 Å². The molecule has 1 heterocycles. The van der Waals surface area contributed by atoms with Gasteiger partial charge in [-0.05, 0) is 42.5 Å². The number of amides is 2. The van der Waals surface area contributed by atoms with E-state index < -0.39 is 23.8 Å². The van der Waals surface area contributed by atoms with Crippen LogP contribution in [0.2, 0.25) is 0 Å². The fourth-order valence-electron chi connectivity index (χ4n) is 2.56. The smallest absolute Gasteiger partial charge is 0.404 e. The van der Waals surface area contributed by atoms with Gasteiger partial charge in [-0.1, -0.05) is 12.1 Å². The third-order valence-corrected chi connectivity index (χ3v) is 3.85. The van der Waals surface area contributed by atoms with Crippen molar-refractivity contribution < 1.29 is 31.9 Å². The van der Waals surface area contributed by atoms with Gasteiger partial charge in [0.15, 0.2) is 5.75 Å². The topological polar surface area (TPSA) is 80.3 Å². The molecule has 0 saturated heterocycles. The first-order chi connectivity index (χ1) is 14.3. The molecule has 2 amide bonds. The first kappa shape index (κ1) is 20.8. The van der Waals surface area contributed by atoms with Gasteiger partial charge < -0.3 is 15.4 Å². The fraction of sp³-hybridized carbons (Fsp3) is 0.0500. The van der Waals surface area contributed by atoms with Crippen LogP contribution in [0.4, 0.5) is 28.9 Å². The molecule has 30 heavy (non-hydrogen) atoms. The van der Waals surface area contributed by atoms with Crippen molar-refractivity contribution in [3.8, 4) is 17.0 Å². The van der Waals surface area contributed by atoms with Crippen molar-refractivity contribution in [3.63, 3.8) is 0 Å². The van der Waals surface area contributed by atoms with Gasteiger partial charge in [0.05, 0.1) is 23.3 Å². The maximum atomic E-state index is 13.8. The van der Waals surface area contributed by atoms with Crippen LogP contribution in [-0.4, -0.2) is 23.7 Å². The third-order valence-electron chi connectivity index (χ3n) is 3.85. The number of anilines is 2. The van der Waals surface area contributed by atoms with E-state index in [1.807, 2.05) is 0 Å². The second-order valence-electron chi connectivity index (χ2n) is 5.89. The van der Waals surface area contributed by atoms with E-state index >= 15 is 0 Å². The van der Waals surface area contributed by atoms with Gasteiger partial charge in [-0.2, -0.15) is 0 Å². The van der Waals surface area contributed by atoms with E-state index in [2.05, 4.69) is 20.4 Å². The monoisotopic (exact) mass is 419 g/mol. The van der Waals surface area contributed by atoms with Crippen LogP contribution < -0.4 is 15.4 Å². The number of carbonyl (C=O) groups excluding carboxylic acids is 2. The zero-order valence-corrected chi connectivity index (χ0v) is 15.0. The van der Waals surface area contributed by atoms with E-state index in [9.17, 15) is 27.2 Å². The van der Waals surface area contributed by atoms with Gasteiger partial charge in [0.25, 0.3) is 5.91 Å². The molecule has 0 bridgehead atoms. The molecule has 2 aromatic carbocycles. The number of benzene rings is 2. The Kier molecular flexibility index (Phi) is 5.95. The summed E-state index contributed by atoms with van der Waals surface area (Å²) < 4.78 is 55.0. The summed E-state index contributed by atoms with van der Waals surface area (Å²) in [5.74, 6) is -1.77. The van der Waals surface area contributed by atoms with Gasteiger partial charge in [-0.25, -0.2) is 4.39 Å². The number of halogens is 4. The highest BCUT2D eigenvalue weighted by molar-refractivity contribution is 6.05. The van der Waals surface area contributed by atoms with E-state index in [0.717, 1.165) is 18.2 Å². The molecule has 0 fully saturated rings. The first-order valence-corrected chi connectivity index (χ1v) is 8.39. The SMILES string of the molecule is O=CNc1cc(C(=O)Nc2ccc(-c3ccccc3F)nc2)ccc1OC(F)(F)F. The summed E-state index contributed by atoms with van der Waals surface area (Å²) in [5.41, 5.74) is 0.563. The van der Waals surface area contributed by atoms with Gasteiger partial charge in [0.1, 0.15) is 5.82 Å². The van der Waals surface area contributed by atoms with E-state index in [0.29, 0.717) is 11.3 Å². The van der Waals surface area contributed by atoms with Crippen molar-refractivity contribution in [1.82, 2.24) is 4.98 Å². The lowest BCUT2D eigenvalue weighted by Crippen LogP contribution is -2.19. The summed E-state index contributed by atoms with van der Waals surface area (Å²) in [4.78, 5) is 27.2. The maximum absolute atomic E-state index is 13.8. The predicted octanol–water partition coefficient (Wildman–Crippen LogP) is 4.61. The summed E-state index contributed by atoms with van der Waals surface area (Å²) in [6, 6.07) is 12.1. The van der Waals surface area contributed by atoms with Crippen molar-refractivity contribution in [1.29, 1.82) is 0 Å². The summed E-state index contributed by atoms with van der Waals surface area (Å²) in [7, 11) is 0. The Labute approximate surface area is 167 Å². The van der Waals surface area contributed by atoms with Crippen LogP contribution in [0, 0.1) is 5.82 Å². The standard InChI is InChI=1S/C20H13F4N3O3/c21-15-4-2-1-3-14(15)16-7-6-13(10-25-16)27-19(29)12-5-8-18(30-20(22,23)24)17(9-12)26-11-28/h1-11H,(H,26,28)(H,27,29). The average molecular weight is 419 g/mol. The second-order valence-corrected chi connectivity index (χ2v) is 5.89. The van der Waals surface area contributed by atoms with Crippen molar-refractivity contribution in [2.75, 3.05) is 10.6 Å². The van der Waals surface area contributed by atoms with E-state index in [1.54, 1.807) is 18.2 Å². The molecule has 0 unspecified atom stereocenters. The zero-order chi connectivity index (χ0) is 21.7. The Balaban J connectivity index is 1.77. The highest BCUT2D eigenvalue weighted by atomic mass is 19.4. The minimum absolute atomic E-state index is 0.0351. The molecule has 2 N–H and O–H groups in total. The van der Waals surface area contributed by atoms with E-state index in [1.165, 1.54) is 24.4 Å². The van der Waals surface area contributed by atoms with E-state index in [-0.39, 0.29) is 23.3 Å². The Morgan fingerprint density at radius 3 is 2.47 bits per heavy atom. The van der Waals surface area contributed by atoms with Crippen molar-refractivity contribution in [2.45, 2.75) is 6.36 Å². The minimum atomic E-state index is -4.96. The molecule has 3 aromatic rings. The number of nitrogens with one attached hydrogen (secondary N) is 2. The van der Waals surface area contributed by atoms with Crippen molar-refractivity contribution in [3.05, 3.63) is 72.2 Å². The quantitative estimate of drug-likeness (QED) is 0.452. The average Bonchev–Trinajstić information content (AvgIpc) is 2.69. The van der Waals surface area contributed by atoms with Crippen LogP contribution in [0.5, 0.6) is 5.75 Å². The van der Waals surface area contributed by atoms with Gasteiger partial charge in [-0.15, -0.1) is 13.2 Å². The predicted molar refractivity (Wildman–Crippen MR) is 100 cm³/mol. The Morgan fingerprint density at radius 2 is 1.83 bits per heavy atom. The number of hydrogen-bond donors (Lipinski definition) is 2. The molecule has 1 aromatic heterocycles. The number of pyridine rings is 1. The Hall–Kier alpha value is -3.95. The summed E-state index contributed by atoms with van der Waals surface area (Å²) >= 11 is 0. The number of carbonyl (C=O) groups is 2. The molecule has 6 nitrogen and oxygen atoms in total. The second kappa shape index (κ2) is 8.60. The number of hydrogen-bond acceptors (Lipinski definition) is 4. The van der Waals surface area contributed by atoms with Gasteiger partial charge in [-0.3, -0.25) is 14.6 Å². The zero-order valence-electron chi connectivity index (χ0n) is 15.0. The molecular formula is C20H13F4N3O3. The number of ether oxygens (including phenoxy) is 1. The lowest BCUT2D eigenvalue weighted by molar-refractivity contribution is -0.274. The first-order valence-electron chi connectivity index (χ1n) is 8.39. The van der Waals surface area contributed by atoms with Crippen LogP contribution in [-0.2, 0) is 4.79 Å². The van der Waals surface area contributed by atoms with Crippen LogP contribution in [0.15, 0.2) is 60.8 Å². The molecule has 154 valence electrons. The molecule has 0 spiro atoms. The molecule has 0 aliphatic rings. The van der Waals surface area contributed by atoms with Gasteiger partial charge in [0.2, 0.25) is 6.41 Å². The van der Waals surface area contributed by atoms with Crippen LogP contribution in [0.25, 0.3) is 11.3 Å². The third kappa shape index (κ3) is 5.10. The number of aromatic nitrogens is 1. The Bertz CT molecular complexity index is 1070. The van der Waals surface area contributed by atoms with E-state index in [4.69, 9.17) is 0 Å². The van der Waals surface area contributed by atoms with Crippen molar-refractivity contribution in [2.24, 2.45) is 0 Å². The van der Waals surface area contributed by atoms with Crippen LogP contribution in [0.3, 0.4) is 0 Å². The molecule has 0 radical (unpaired) electrons. The number of nitrogens with zero attached hydrogens (tertiary/aromatic N) is 1. The lowest BCUT2D eigenvalue weighted by atomic mass is 10.1. The molecule has 0 aliphatic heterocycles. The molecule has 3 rings (SSSR count). The molecule has 0 aliphatic carbocycles. The molecule has 0 atom stereocenters. The Morgan fingerprint density at radius 1 is 1.07 bits per heavy atom. The van der Waals surface area contributed by atoms with Crippen molar-refractivity contribution >= 4 is 23.7 Å². The van der Waals surface area contributed by atoms with Crippen LogP contribution in [0.1, 0.15) is 10.4 Å². The summed E-state index contributed by atoms with van der Waals surface area (Å²) in [6.07, 6.45) is -3.49. The highest BCUT2D eigenvalue weighted by Crippen LogP contribution is 2.31. The molecule has 0 saturated carbocycles. The number of rotatable bonds is 6. The highest BCUT2D eigenvalue weighted by Gasteiger charge is 2.32. The fourth-order valence-corrected chi connectivity index (χ4v) is 2.56. The molecular weight excluding hydrogens is 406 g/mol. The minimum Gasteiger partial charge on any atom is -0.404 e. The molecule has 10 heteroatoms.